The molecule has 2 aliphatic rings. The topological polar surface area (TPSA) is 40.7 Å². The van der Waals surface area contributed by atoms with Crippen LogP contribution in [0, 0.1) is 13.8 Å². The Balaban J connectivity index is 1.86. The Morgan fingerprint density at radius 2 is 2.10 bits per heavy atom. The summed E-state index contributed by atoms with van der Waals surface area (Å²) in [6.45, 7) is 5.35. The molecule has 2 aromatic rings. The number of rotatable bonds is 2. The Morgan fingerprint density at radius 3 is 2.86 bits per heavy atom. The van der Waals surface area contributed by atoms with Gasteiger partial charge in [-0.15, -0.1) is 0 Å². The summed E-state index contributed by atoms with van der Waals surface area (Å²) in [5.41, 5.74) is 7.87. The van der Waals surface area contributed by atoms with Gasteiger partial charge >= 0.3 is 0 Å². The van der Waals surface area contributed by atoms with Crippen molar-refractivity contribution in [3.05, 3.63) is 64.4 Å². The van der Waals surface area contributed by atoms with Gasteiger partial charge < -0.3 is 5.32 Å². The maximum absolute atomic E-state index is 4.48. The number of anilines is 1. The van der Waals surface area contributed by atoms with Crippen LogP contribution in [0.3, 0.4) is 0 Å². The molecule has 1 aliphatic carbocycles. The molecule has 2 heterocycles. The number of nitrogens with one attached hydrogen (secondary N) is 2. The van der Waals surface area contributed by atoms with E-state index in [2.05, 4.69) is 65.8 Å². The average Bonchev–Trinajstić information content (AvgIpc) is 2.84. The lowest BCUT2D eigenvalue weighted by atomic mass is 9.81. The molecule has 3 heteroatoms. The van der Waals surface area contributed by atoms with Crippen molar-refractivity contribution < 1.29 is 0 Å². The molecule has 0 fully saturated rings. The summed E-state index contributed by atoms with van der Waals surface area (Å²) in [6.07, 6.45) is 7.47. The van der Waals surface area contributed by atoms with Crippen LogP contribution in [0.2, 0.25) is 0 Å². The van der Waals surface area contributed by atoms with E-state index in [9.17, 15) is 0 Å². The average molecular weight is 277 g/mol. The van der Waals surface area contributed by atoms with Crippen LogP contribution in [0.4, 0.5) is 5.82 Å². The monoisotopic (exact) mass is 277 g/mol. The van der Waals surface area contributed by atoms with Crippen molar-refractivity contribution in [1.82, 2.24) is 10.2 Å². The van der Waals surface area contributed by atoms with Crippen LogP contribution in [0.5, 0.6) is 0 Å². The second-order valence-corrected chi connectivity index (χ2v) is 5.97. The molecule has 0 bridgehead atoms. The van der Waals surface area contributed by atoms with E-state index in [1.165, 1.54) is 33.5 Å². The number of benzene rings is 1. The third-order valence-electron chi connectivity index (χ3n) is 4.53. The van der Waals surface area contributed by atoms with Gasteiger partial charge in [-0.1, -0.05) is 42.0 Å². The number of aromatic amines is 1. The van der Waals surface area contributed by atoms with Crippen LogP contribution < -0.4 is 5.32 Å². The van der Waals surface area contributed by atoms with E-state index in [0.717, 1.165) is 18.8 Å². The molecule has 0 spiro atoms. The largest absolute Gasteiger partial charge is 0.368 e. The standard InChI is InChI=1S/C18H19N3/c1-11-6-7-12(2)15(10-11)14-8-9-19-18-16(14)17(20-21-18)13-4-3-5-13/h3-7,10,14H,8-9H2,1-2H3,(H2,19,20,21). The molecular formula is C18H19N3. The minimum Gasteiger partial charge on any atom is -0.368 e. The van der Waals surface area contributed by atoms with Gasteiger partial charge in [-0.25, -0.2) is 0 Å². The van der Waals surface area contributed by atoms with Gasteiger partial charge in [-0.05, 0) is 37.0 Å². The minimum atomic E-state index is 0.421. The highest BCUT2D eigenvalue weighted by atomic mass is 15.2. The summed E-state index contributed by atoms with van der Waals surface area (Å²) in [4.78, 5) is 0. The highest BCUT2D eigenvalue weighted by Crippen LogP contribution is 2.42. The van der Waals surface area contributed by atoms with E-state index >= 15 is 0 Å². The van der Waals surface area contributed by atoms with Gasteiger partial charge in [0.2, 0.25) is 0 Å². The van der Waals surface area contributed by atoms with Gasteiger partial charge in [0.15, 0.2) is 5.82 Å². The van der Waals surface area contributed by atoms with Crippen molar-refractivity contribution in [1.29, 1.82) is 0 Å². The molecule has 0 saturated heterocycles. The number of hydrogen-bond acceptors (Lipinski definition) is 2. The van der Waals surface area contributed by atoms with Crippen LogP contribution >= 0.6 is 0 Å². The van der Waals surface area contributed by atoms with Crippen molar-refractivity contribution in [3.63, 3.8) is 0 Å². The summed E-state index contributed by atoms with van der Waals surface area (Å²) in [7, 11) is 0. The zero-order valence-electron chi connectivity index (χ0n) is 12.4. The molecule has 2 N–H and O–H groups in total. The number of aryl methyl sites for hydroxylation is 2. The number of nitrogens with zero attached hydrogens (tertiary/aromatic N) is 1. The van der Waals surface area contributed by atoms with Crippen molar-refractivity contribution in [2.45, 2.75) is 26.2 Å². The van der Waals surface area contributed by atoms with E-state index in [4.69, 9.17) is 0 Å². The maximum Gasteiger partial charge on any atom is 0.152 e. The first-order valence-corrected chi connectivity index (χ1v) is 7.52. The Hall–Kier alpha value is -2.29. The summed E-state index contributed by atoms with van der Waals surface area (Å²) < 4.78 is 0. The summed E-state index contributed by atoms with van der Waals surface area (Å²) in [6, 6.07) is 6.75. The van der Waals surface area contributed by atoms with Crippen LogP contribution in [0.1, 0.15) is 40.3 Å². The summed E-state index contributed by atoms with van der Waals surface area (Å²) in [5, 5.41) is 11.1. The Labute approximate surface area is 124 Å². The molecular weight excluding hydrogens is 258 g/mol. The number of hydrogen-bond donors (Lipinski definition) is 2. The molecule has 1 aromatic carbocycles. The molecule has 1 atom stereocenters. The lowest BCUT2D eigenvalue weighted by molar-refractivity contribution is 0.713. The number of aromatic nitrogens is 2. The molecule has 1 aliphatic heterocycles. The van der Waals surface area contributed by atoms with E-state index in [1.807, 2.05) is 0 Å². The SMILES string of the molecule is Cc1ccc(C)c(C2CCNc3n[nH]c(C4=CC=C4)c32)c1. The van der Waals surface area contributed by atoms with Crippen molar-refractivity contribution >= 4 is 11.4 Å². The van der Waals surface area contributed by atoms with Gasteiger partial charge in [0.05, 0.1) is 5.69 Å². The van der Waals surface area contributed by atoms with E-state index in [0.29, 0.717) is 5.92 Å². The second kappa shape index (κ2) is 4.62. The fourth-order valence-corrected chi connectivity index (χ4v) is 3.33. The van der Waals surface area contributed by atoms with Crippen molar-refractivity contribution in [2.75, 3.05) is 11.9 Å². The first kappa shape index (κ1) is 12.5. The predicted octanol–water partition coefficient (Wildman–Crippen LogP) is 3.93. The number of allylic oxidation sites excluding steroid dienone is 4. The molecule has 0 radical (unpaired) electrons. The minimum absolute atomic E-state index is 0.421. The molecule has 3 nitrogen and oxygen atoms in total. The lowest BCUT2D eigenvalue weighted by Gasteiger charge is -2.26. The van der Waals surface area contributed by atoms with Crippen LogP contribution in [0.25, 0.3) is 5.57 Å². The van der Waals surface area contributed by atoms with Crippen LogP contribution in [0.15, 0.2) is 36.4 Å². The smallest absolute Gasteiger partial charge is 0.152 e. The first-order chi connectivity index (χ1) is 10.2. The highest BCUT2D eigenvalue weighted by molar-refractivity contribution is 5.83. The normalized spacial score (nSPS) is 19.5. The molecule has 0 amide bonds. The fraction of sp³-hybridized carbons (Fsp3) is 0.278. The summed E-state index contributed by atoms with van der Waals surface area (Å²) in [5.74, 6) is 1.44. The second-order valence-electron chi connectivity index (χ2n) is 5.97. The quantitative estimate of drug-likeness (QED) is 0.873. The molecule has 106 valence electrons. The van der Waals surface area contributed by atoms with Gasteiger partial charge in [-0.2, -0.15) is 5.10 Å². The van der Waals surface area contributed by atoms with Crippen molar-refractivity contribution in [3.8, 4) is 0 Å². The Morgan fingerprint density at radius 1 is 1.24 bits per heavy atom. The number of H-pyrrole nitrogens is 1. The molecule has 1 aromatic heterocycles. The van der Waals surface area contributed by atoms with E-state index in [-0.39, 0.29) is 0 Å². The Bertz CT molecular complexity index is 765. The van der Waals surface area contributed by atoms with Gasteiger partial charge in [0, 0.05) is 18.0 Å². The van der Waals surface area contributed by atoms with Crippen molar-refractivity contribution in [2.24, 2.45) is 0 Å². The molecule has 1 unspecified atom stereocenters. The third kappa shape index (κ3) is 1.92. The van der Waals surface area contributed by atoms with E-state index < -0.39 is 0 Å². The first-order valence-electron chi connectivity index (χ1n) is 7.52. The zero-order valence-corrected chi connectivity index (χ0v) is 12.4. The van der Waals surface area contributed by atoms with Gasteiger partial charge in [0.25, 0.3) is 0 Å². The molecule has 21 heavy (non-hydrogen) atoms. The molecule has 4 rings (SSSR count). The van der Waals surface area contributed by atoms with E-state index in [1.54, 1.807) is 0 Å². The Kier molecular flexibility index (Phi) is 2.74. The fourth-order valence-electron chi connectivity index (χ4n) is 3.33. The third-order valence-corrected chi connectivity index (χ3v) is 4.53. The zero-order chi connectivity index (χ0) is 14.4. The van der Waals surface area contributed by atoms with Gasteiger partial charge in [0.1, 0.15) is 0 Å². The van der Waals surface area contributed by atoms with Crippen LogP contribution in [-0.4, -0.2) is 16.7 Å². The highest BCUT2D eigenvalue weighted by Gasteiger charge is 2.29. The maximum atomic E-state index is 4.48. The van der Waals surface area contributed by atoms with Crippen LogP contribution in [-0.2, 0) is 0 Å². The molecule has 0 saturated carbocycles. The lowest BCUT2D eigenvalue weighted by Crippen LogP contribution is -2.18. The summed E-state index contributed by atoms with van der Waals surface area (Å²) >= 11 is 0. The van der Waals surface area contributed by atoms with Gasteiger partial charge in [-0.3, -0.25) is 5.10 Å². The number of fused-ring (bicyclic) bond motifs is 1. The predicted molar refractivity (Wildman–Crippen MR) is 86.6 cm³/mol.